The molecule has 90 valence electrons. The Morgan fingerprint density at radius 1 is 1.62 bits per heavy atom. The third-order valence-corrected chi connectivity index (χ3v) is 2.90. The van der Waals surface area contributed by atoms with Gasteiger partial charge in [0.25, 0.3) is 0 Å². The normalized spacial score (nSPS) is 17.3. The Balaban J connectivity index is 2.57. The first-order valence-corrected chi connectivity index (χ1v) is 5.38. The maximum Gasteiger partial charge on any atom is 0.323 e. The van der Waals surface area contributed by atoms with Gasteiger partial charge >= 0.3 is 5.97 Å². The van der Waals surface area contributed by atoms with E-state index in [9.17, 15) is 9.59 Å². The van der Waals surface area contributed by atoms with Gasteiger partial charge in [0.1, 0.15) is 6.54 Å². The van der Waals surface area contributed by atoms with Crippen LogP contribution in [0.15, 0.2) is 12.7 Å². The summed E-state index contributed by atoms with van der Waals surface area (Å²) in [6, 6.07) is 0. The number of nitrogens with one attached hydrogen (secondary N) is 1. The van der Waals surface area contributed by atoms with Crippen molar-refractivity contribution in [1.82, 2.24) is 10.2 Å². The van der Waals surface area contributed by atoms with E-state index in [2.05, 4.69) is 11.9 Å². The standard InChI is InChI=1S/C11H18N2O3/c1-3-4-13(7-10(14)15)11(16)8(2)9-5-12-6-9/h3,8-9,12H,1,4-7H2,2H3,(H,14,15). The molecule has 16 heavy (non-hydrogen) atoms. The molecule has 0 radical (unpaired) electrons. The van der Waals surface area contributed by atoms with Crippen LogP contribution >= 0.6 is 0 Å². The second-order valence-electron chi connectivity index (χ2n) is 4.11. The number of nitrogens with zero attached hydrogens (tertiary/aromatic N) is 1. The van der Waals surface area contributed by atoms with Crippen LogP contribution in [-0.4, -0.2) is 48.1 Å². The van der Waals surface area contributed by atoms with Crippen LogP contribution in [0.2, 0.25) is 0 Å². The summed E-state index contributed by atoms with van der Waals surface area (Å²) in [5, 5.41) is 11.8. The number of carboxylic acid groups (broad SMARTS) is 1. The first-order chi connectivity index (χ1) is 7.56. The molecule has 1 unspecified atom stereocenters. The van der Waals surface area contributed by atoms with Crippen molar-refractivity contribution in [2.45, 2.75) is 6.92 Å². The molecule has 0 aromatic carbocycles. The number of amides is 1. The quantitative estimate of drug-likeness (QED) is 0.623. The van der Waals surface area contributed by atoms with E-state index in [4.69, 9.17) is 5.11 Å². The molecule has 1 amide bonds. The summed E-state index contributed by atoms with van der Waals surface area (Å²) in [4.78, 5) is 23.9. The maximum absolute atomic E-state index is 12.0. The average Bonchev–Trinajstić information content (AvgIpc) is 2.12. The Kier molecular flexibility index (Phi) is 4.49. The Bertz CT molecular complexity index is 287. The van der Waals surface area contributed by atoms with E-state index in [0.717, 1.165) is 13.1 Å². The molecule has 0 aliphatic carbocycles. The molecule has 1 heterocycles. The number of carboxylic acids is 1. The van der Waals surface area contributed by atoms with Gasteiger partial charge in [-0.25, -0.2) is 0 Å². The molecule has 1 aliphatic heterocycles. The molecule has 0 saturated carbocycles. The van der Waals surface area contributed by atoms with Gasteiger partial charge in [0.2, 0.25) is 5.91 Å². The number of carbonyl (C=O) groups is 2. The summed E-state index contributed by atoms with van der Waals surface area (Å²) in [6.45, 7) is 7.09. The van der Waals surface area contributed by atoms with Crippen LogP contribution in [0.1, 0.15) is 6.92 Å². The van der Waals surface area contributed by atoms with Gasteiger partial charge in [-0.2, -0.15) is 0 Å². The minimum absolute atomic E-state index is 0.103. The van der Waals surface area contributed by atoms with E-state index in [1.54, 1.807) is 6.08 Å². The molecule has 1 atom stereocenters. The van der Waals surface area contributed by atoms with Crippen molar-refractivity contribution >= 4 is 11.9 Å². The van der Waals surface area contributed by atoms with Crippen LogP contribution in [0.5, 0.6) is 0 Å². The summed E-state index contributed by atoms with van der Waals surface area (Å²) >= 11 is 0. The zero-order valence-electron chi connectivity index (χ0n) is 9.48. The zero-order chi connectivity index (χ0) is 12.1. The second-order valence-corrected chi connectivity index (χ2v) is 4.11. The Labute approximate surface area is 95.1 Å². The van der Waals surface area contributed by atoms with Crippen LogP contribution < -0.4 is 5.32 Å². The first-order valence-electron chi connectivity index (χ1n) is 5.38. The molecule has 1 saturated heterocycles. The molecule has 0 aromatic heterocycles. The lowest BCUT2D eigenvalue weighted by atomic mass is 9.88. The largest absolute Gasteiger partial charge is 0.480 e. The van der Waals surface area contributed by atoms with Crippen LogP contribution in [0.3, 0.4) is 0 Å². The van der Waals surface area contributed by atoms with Crippen molar-refractivity contribution in [2.75, 3.05) is 26.2 Å². The molecule has 0 aromatic rings. The lowest BCUT2D eigenvalue weighted by Gasteiger charge is -2.34. The highest BCUT2D eigenvalue weighted by molar-refractivity contribution is 5.83. The highest BCUT2D eigenvalue weighted by Gasteiger charge is 2.31. The van der Waals surface area contributed by atoms with Crippen molar-refractivity contribution < 1.29 is 14.7 Å². The fourth-order valence-electron chi connectivity index (χ4n) is 1.71. The van der Waals surface area contributed by atoms with E-state index < -0.39 is 5.97 Å². The van der Waals surface area contributed by atoms with Crippen molar-refractivity contribution in [1.29, 1.82) is 0 Å². The predicted molar refractivity (Wildman–Crippen MR) is 59.9 cm³/mol. The van der Waals surface area contributed by atoms with E-state index >= 15 is 0 Å². The minimum Gasteiger partial charge on any atom is -0.480 e. The topological polar surface area (TPSA) is 69.6 Å². The van der Waals surface area contributed by atoms with Crippen LogP contribution in [0.4, 0.5) is 0 Å². The molecule has 0 bridgehead atoms. The van der Waals surface area contributed by atoms with Gasteiger partial charge in [-0.05, 0) is 19.0 Å². The maximum atomic E-state index is 12.0. The molecule has 1 fully saturated rings. The van der Waals surface area contributed by atoms with Crippen molar-refractivity contribution in [3.63, 3.8) is 0 Å². The van der Waals surface area contributed by atoms with Crippen molar-refractivity contribution in [2.24, 2.45) is 11.8 Å². The Hall–Kier alpha value is -1.36. The van der Waals surface area contributed by atoms with Crippen molar-refractivity contribution in [3.05, 3.63) is 12.7 Å². The Morgan fingerprint density at radius 3 is 2.62 bits per heavy atom. The number of hydrogen-bond donors (Lipinski definition) is 2. The smallest absolute Gasteiger partial charge is 0.323 e. The van der Waals surface area contributed by atoms with Gasteiger partial charge in [-0.3, -0.25) is 9.59 Å². The van der Waals surface area contributed by atoms with E-state index in [1.807, 2.05) is 6.92 Å². The molecule has 5 heteroatoms. The fourth-order valence-corrected chi connectivity index (χ4v) is 1.71. The predicted octanol–water partition coefficient (Wildman–Crippen LogP) is -0.0589. The highest BCUT2D eigenvalue weighted by atomic mass is 16.4. The molecule has 1 rings (SSSR count). The Morgan fingerprint density at radius 2 is 2.25 bits per heavy atom. The van der Waals surface area contributed by atoms with Gasteiger partial charge in [-0.15, -0.1) is 6.58 Å². The SMILES string of the molecule is C=CCN(CC(=O)O)C(=O)C(C)C1CNC1. The summed E-state index contributed by atoms with van der Waals surface area (Å²) in [5.74, 6) is -0.892. The summed E-state index contributed by atoms with van der Waals surface area (Å²) < 4.78 is 0. The van der Waals surface area contributed by atoms with Crippen LogP contribution in [0, 0.1) is 11.8 Å². The third kappa shape index (κ3) is 3.06. The monoisotopic (exact) mass is 226 g/mol. The summed E-state index contributed by atoms with van der Waals surface area (Å²) in [6.07, 6.45) is 1.55. The molecule has 1 aliphatic rings. The molecule has 0 spiro atoms. The molecule has 2 N–H and O–H groups in total. The number of aliphatic carboxylic acids is 1. The van der Waals surface area contributed by atoms with Gasteiger partial charge in [0.15, 0.2) is 0 Å². The van der Waals surface area contributed by atoms with E-state index in [1.165, 1.54) is 4.90 Å². The molecule has 5 nitrogen and oxygen atoms in total. The minimum atomic E-state index is -0.992. The zero-order valence-corrected chi connectivity index (χ0v) is 9.48. The van der Waals surface area contributed by atoms with E-state index in [-0.39, 0.29) is 24.9 Å². The molecular weight excluding hydrogens is 208 g/mol. The van der Waals surface area contributed by atoms with Gasteiger partial charge in [-0.1, -0.05) is 13.0 Å². The van der Waals surface area contributed by atoms with Crippen molar-refractivity contribution in [3.8, 4) is 0 Å². The first kappa shape index (κ1) is 12.7. The number of hydrogen-bond acceptors (Lipinski definition) is 3. The molecular formula is C11H18N2O3. The van der Waals surface area contributed by atoms with Crippen LogP contribution in [-0.2, 0) is 9.59 Å². The highest BCUT2D eigenvalue weighted by Crippen LogP contribution is 2.18. The fraction of sp³-hybridized carbons (Fsp3) is 0.636. The van der Waals surface area contributed by atoms with E-state index in [0.29, 0.717) is 5.92 Å². The summed E-state index contributed by atoms with van der Waals surface area (Å²) in [7, 11) is 0. The van der Waals surface area contributed by atoms with Crippen LogP contribution in [0.25, 0.3) is 0 Å². The lowest BCUT2D eigenvalue weighted by Crippen LogP contribution is -2.51. The van der Waals surface area contributed by atoms with Gasteiger partial charge in [0, 0.05) is 12.5 Å². The number of carbonyl (C=O) groups excluding carboxylic acids is 1. The third-order valence-electron chi connectivity index (χ3n) is 2.90. The average molecular weight is 226 g/mol. The summed E-state index contributed by atoms with van der Waals surface area (Å²) in [5.41, 5.74) is 0. The van der Waals surface area contributed by atoms with Gasteiger partial charge < -0.3 is 15.3 Å². The van der Waals surface area contributed by atoms with Gasteiger partial charge in [0.05, 0.1) is 0 Å². The number of rotatable bonds is 6. The second kappa shape index (κ2) is 5.65. The lowest BCUT2D eigenvalue weighted by molar-refractivity contribution is -0.146.